The lowest BCUT2D eigenvalue weighted by atomic mass is 10.1. The number of hydrogen-bond acceptors (Lipinski definition) is 2. The van der Waals surface area contributed by atoms with Crippen LogP contribution in [0.4, 0.5) is 0 Å². The Morgan fingerprint density at radius 1 is 1.19 bits per heavy atom. The number of aliphatic imine (C=N–C) groups is 1. The molecule has 1 aromatic carbocycles. The topological polar surface area (TPSA) is 49.6 Å². The van der Waals surface area contributed by atoms with E-state index >= 15 is 0 Å². The molecular formula is C17H23N3O. The molecule has 2 rings (SSSR count). The van der Waals surface area contributed by atoms with Crippen molar-refractivity contribution in [3.05, 3.63) is 59.5 Å². The van der Waals surface area contributed by atoms with Crippen LogP contribution in [-0.2, 0) is 13.0 Å². The van der Waals surface area contributed by atoms with Crippen molar-refractivity contribution in [3.63, 3.8) is 0 Å². The minimum absolute atomic E-state index is 0.678. The Morgan fingerprint density at radius 2 is 2.10 bits per heavy atom. The van der Waals surface area contributed by atoms with Crippen LogP contribution in [0.2, 0.25) is 0 Å². The van der Waals surface area contributed by atoms with Gasteiger partial charge >= 0.3 is 0 Å². The van der Waals surface area contributed by atoms with Gasteiger partial charge in [-0.25, -0.2) is 4.99 Å². The van der Waals surface area contributed by atoms with E-state index < -0.39 is 0 Å². The standard InChI is InChI=1S/C17H23N3O/c1-3-18-17(19-10-9-16-8-5-11-21-16)20-13-15-7-4-6-14(2)12-15/h4-8,11-12H,3,9-10,13H2,1-2H3,(H2,18,19,20). The maximum Gasteiger partial charge on any atom is 0.191 e. The normalized spacial score (nSPS) is 11.4. The molecule has 4 heteroatoms. The summed E-state index contributed by atoms with van der Waals surface area (Å²) in [6.07, 6.45) is 2.55. The number of rotatable bonds is 6. The molecule has 112 valence electrons. The van der Waals surface area contributed by atoms with Gasteiger partial charge in [-0.05, 0) is 31.5 Å². The second-order valence-electron chi connectivity index (χ2n) is 4.94. The van der Waals surface area contributed by atoms with E-state index in [1.165, 1.54) is 11.1 Å². The quantitative estimate of drug-likeness (QED) is 0.634. The third kappa shape index (κ3) is 5.34. The zero-order chi connectivity index (χ0) is 14.9. The van der Waals surface area contributed by atoms with Crippen molar-refractivity contribution in [2.24, 2.45) is 4.99 Å². The Bertz CT molecular complexity index is 561. The Balaban J connectivity index is 1.86. The van der Waals surface area contributed by atoms with Gasteiger partial charge < -0.3 is 15.1 Å². The lowest BCUT2D eigenvalue weighted by Crippen LogP contribution is -2.38. The van der Waals surface area contributed by atoms with Gasteiger partial charge in [0, 0.05) is 19.5 Å². The maximum absolute atomic E-state index is 5.32. The second kappa shape index (κ2) is 8.15. The van der Waals surface area contributed by atoms with Crippen molar-refractivity contribution in [1.29, 1.82) is 0 Å². The smallest absolute Gasteiger partial charge is 0.191 e. The van der Waals surface area contributed by atoms with Crippen LogP contribution in [0.15, 0.2) is 52.1 Å². The molecule has 21 heavy (non-hydrogen) atoms. The van der Waals surface area contributed by atoms with Crippen molar-refractivity contribution >= 4 is 5.96 Å². The van der Waals surface area contributed by atoms with Crippen LogP contribution in [0.1, 0.15) is 23.8 Å². The summed E-state index contributed by atoms with van der Waals surface area (Å²) < 4.78 is 5.32. The SMILES string of the molecule is CCNC(=NCc1cccc(C)c1)NCCc1ccco1. The second-order valence-corrected chi connectivity index (χ2v) is 4.94. The number of aryl methyl sites for hydroxylation is 1. The van der Waals surface area contributed by atoms with Crippen LogP contribution in [0, 0.1) is 6.92 Å². The Morgan fingerprint density at radius 3 is 2.81 bits per heavy atom. The Hall–Kier alpha value is -2.23. The van der Waals surface area contributed by atoms with Gasteiger partial charge in [0.25, 0.3) is 0 Å². The summed E-state index contributed by atoms with van der Waals surface area (Å²) in [6.45, 7) is 6.49. The summed E-state index contributed by atoms with van der Waals surface area (Å²) in [6, 6.07) is 12.3. The fourth-order valence-corrected chi connectivity index (χ4v) is 2.08. The maximum atomic E-state index is 5.32. The highest BCUT2D eigenvalue weighted by atomic mass is 16.3. The average molecular weight is 285 g/mol. The molecule has 0 spiro atoms. The molecule has 0 unspecified atom stereocenters. The summed E-state index contributed by atoms with van der Waals surface area (Å²) in [5, 5.41) is 6.58. The van der Waals surface area contributed by atoms with Crippen LogP contribution in [0.25, 0.3) is 0 Å². The molecule has 0 aliphatic rings. The van der Waals surface area contributed by atoms with Crippen LogP contribution >= 0.6 is 0 Å². The van der Waals surface area contributed by atoms with Crippen LogP contribution in [0.5, 0.6) is 0 Å². The third-order valence-electron chi connectivity index (χ3n) is 3.09. The number of furan rings is 1. The highest BCUT2D eigenvalue weighted by Crippen LogP contribution is 2.05. The van der Waals surface area contributed by atoms with Gasteiger partial charge in [0.2, 0.25) is 0 Å². The molecule has 0 atom stereocenters. The molecule has 0 bridgehead atoms. The summed E-state index contributed by atoms with van der Waals surface area (Å²) in [5.74, 6) is 1.82. The number of benzene rings is 1. The molecular weight excluding hydrogens is 262 g/mol. The lowest BCUT2D eigenvalue weighted by molar-refractivity contribution is 0.507. The Labute approximate surface area is 126 Å². The first-order valence-electron chi connectivity index (χ1n) is 7.38. The van der Waals surface area contributed by atoms with E-state index in [4.69, 9.17) is 4.42 Å². The van der Waals surface area contributed by atoms with E-state index in [9.17, 15) is 0 Å². The third-order valence-corrected chi connectivity index (χ3v) is 3.09. The van der Waals surface area contributed by atoms with E-state index in [0.717, 1.165) is 31.2 Å². The molecule has 0 saturated heterocycles. The highest BCUT2D eigenvalue weighted by Gasteiger charge is 1.99. The first kappa shape index (κ1) is 15.2. The summed E-state index contributed by atoms with van der Waals surface area (Å²) >= 11 is 0. The van der Waals surface area contributed by atoms with Gasteiger partial charge in [-0.2, -0.15) is 0 Å². The molecule has 2 N–H and O–H groups in total. The van der Waals surface area contributed by atoms with Crippen LogP contribution in [0.3, 0.4) is 0 Å². The summed E-state index contributed by atoms with van der Waals surface area (Å²) in [5.41, 5.74) is 2.48. The molecule has 2 aromatic rings. The summed E-state index contributed by atoms with van der Waals surface area (Å²) in [4.78, 5) is 4.61. The first-order valence-corrected chi connectivity index (χ1v) is 7.38. The number of nitrogens with zero attached hydrogens (tertiary/aromatic N) is 1. The van der Waals surface area contributed by atoms with Gasteiger partial charge in [-0.3, -0.25) is 0 Å². The van der Waals surface area contributed by atoms with E-state index in [1.807, 2.05) is 12.1 Å². The number of hydrogen-bond donors (Lipinski definition) is 2. The lowest BCUT2D eigenvalue weighted by Gasteiger charge is -2.10. The fourth-order valence-electron chi connectivity index (χ4n) is 2.08. The predicted molar refractivity (Wildman–Crippen MR) is 86.4 cm³/mol. The molecule has 0 saturated carbocycles. The van der Waals surface area contributed by atoms with Crippen LogP contribution < -0.4 is 10.6 Å². The van der Waals surface area contributed by atoms with E-state index in [0.29, 0.717) is 6.54 Å². The van der Waals surface area contributed by atoms with E-state index in [-0.39, 0.29) is 0 Å². The van der Waals surface area contributed by atoms with Gasteiger partial charge in [-0.15, -0.1) is 0 Å². The minimum Gasteiger partial charge on any atom is -0.469 e. The van der Waals surface area contributed by atoms with Crippen LogP contribution in [-0.4, -0.2) is 19.0 Å². The van der Waals surface area contributed by atoms with E-state index in [1.54, 1.807) is 6.26 Å². The molecule has 4 nitrogen and oxygen atoms in total. The minimum atomic E-state index is 0.678. The van der Waals surface area contributed by atoms with Gasteiger partial charge in [0.1, 0.15) is 5.76 Å². The number of nitrogens with one attached hydrogen (secondary N) is 2. The largest absolute Gasteiger partial charge is 0.469 e. The van der Waals surface area contributed by atoms with Gasteiger partial charge in [0.05, 0.1) is 12.8 Å². The van der Waals surface area contributed by atoms with Gasteiger partial charge in [-0.1, -0.05) is 29.8 Å². The molecule has 0 fully saturated rings. The van der Waals surface area contributed by atoms with Crippen molar-refractivity contribution in [3.8, 4) is 0 Å². The number of guanidine groups is 1. The molecule has 1 aromatic heterocycles. The molecule has 1 heterocycles. The molecule has 0 aliphatic heterocycles. The van der Waals surface area contributed by atoms with Crippen molar-refractivity contribution in [1.82, 2.24) is 10.6 Å². The molecule has 0 amide bonds. The highest BCUT2D eigenvalue weighted by molar-refractivity contribution is 5.79. The van der Waals surface area contributed by atoms with Crippen molar-refractivity contribution in [2.75, 3.05) is 13.1 Å². The van der Waals surface area contributed by atoms with Crippen molar-refractivity contribution < 1.29 is 4.42 Å². The zero-order valence-electron chi connectivity index (χ0n) is 12.7. The average Bonchev–Trinajstić information content (AvgIpc) is 2.98. The molecule has 0 radical (unpaired) electrons. The Kier molecular flexibility index (Phi) is 5.88. The molecule has 0 aliphatic carbocycles. The summed E-state index contributed by atoms with van der Waals surface area (Å²) in [7, 11) is 0. The predicted octanol–water partition coefficient (Wildman–Crippen LogP) is 2.89. The van der Waals surface area contributed by atoms with Gasteiger partial charge in [0.15, 0.2) is 5.96 Å². The van der Waals surface area contributed by atoms with E-state index in [2.05, 4.69) is 53.7 Å². The van der Waals surface area contributed by atoms with Crippen molar-refractivity contribution in [2.45, 2.75) is 26.8 Å². The monoisotopic (exact) mass is 285 g/mol. The zero-order valence-corrected chi connectivity index (χ0v) is 12.7. The fraction of sp³-hybridized carbons (Fsp3) is 0.353. The first-order chi connectivity index (χ1) is 10.3.